The number of carbonyl (C=O) groups is 1. The van der Waals surface area contributed by atoms with Crippen molar-refractivity contribution in [2.24, 2.45) is 5.92 Å². The molecule has 1 saturated heterocycles. The van der Waals surface area contributed by atoms with E-state index in [1.54, 1.807) is 18.2 Å². The van der Waals surface area contributed by atoms with Gasteiger partial charge in [-0.2, -0.15) is 5.26 Å². The first-order valence-corrected chi connectivity index (χ1v) is 14.3. The number of hydrogen-bond donors (Lipinski definition) is 1. The first-order chi connectivity index (χ1) is 20.5. The minimum Gasteiger partial charge on any atom is -0.436 e. The van der Waals surface area contributed by atoms with Gasteiger partial charge >= 0.3 is 0 Å². The van der Waals surface area contributed by atoms with Gasteiger partial charge in [0.05, 0.1) is 11.6 Å². The Labute approximate surface area is 245 Å². The Kier molecular flexibility index (Phi) is 7.65. The summed E-state index contributed by atoms with van der Waals surface area (Å²) in [5.41, 5.74) is 5.27. The van der Waals surface area contributed by atoms with Crippen LogP contribution in [0.25, 0.3) is 33.9 Å². The van der Waals surface area contributed by atoms with Crippen LogP contribution in [-0.4, -0.2) is 40.5 Å². The molecule has 2 aromatic heterocycles. The highest BCUT2D eigenvalue weighted by Gasteiger charge is 2.22. The fraction of sp³-hybridized carbons (Fsp3) is 0.265. The largest absolute Gasteiger partial charge is 0.436 e. The van der Waals surface area contributed by atoms with Gasteiger partial charge in [-0.3, -0.25) is 4.79 Å². The number of nitriles is 1. The standard InChI is InChI=1S/C34H32N6O2/c1-22(2)28-18-24(20-35)19-29-31(28)42-34(38-29)27-10-8-26(9-11-27)33(41)37-21-23-13-16-40(17-14-23)30-12-15-36-32(39-30)25-6-4-3-5-7-25/h3-12,15,18-19,22-23H,13-14,16-17,21H2,1-2H3,(H,37,41). The second-order valence-corrected chi connectivity index (χ2v) is 11.0. The quantitative estimate of drug-likeness (QED) is 0.241. The number of rotatable bonds is 7. The van der Waals surface area contributed by atoms with Crippen LogP contribution in [0.15, 0.2) is 83.4 Å². The summed E-state index contributed by atoms with van der Waals surface area (Å²) in [6, 6.07) is 25.1. The molecule has 0 saturated carbocycles. The van der Waals surface area contributed by atoms with Crippen LogP contribution in [0.4, 0.5) is 5.82 Å². The molecular weight excluding hydrogens is 524 g/mol. The Morgan fingerprint density at radius 2 is 1.79 bits per heavy atom. The summed E-state index contributed by atoms with van der Waals surface area (Å²) in [6.07, 6.45) is 3.78. The molecule has 0 atom stereocenters. The lowest BCUT2D eigenvalue weighted by Gasteiger charge is -2.33. The zero-order valence-electron chi connectivity index (χ0n) is 23.7. The zero-order valence-corrected chi connectivity index (χ0v) is 23.7. The number of amides is 1. The Hall–Kier alpha value is -5.03. The number of piperidine rings is 1. The fourth-order valence-electron chi connectivity index (χ4n) is 5.40. The summed E-state index contributed by atoms with van der Waals surface area (Å²) < 4.78 is 6.11. The molecule has 42 heavy (non-hydrogen) atoms. The molecule has 0 unspecified atom stereocenters. The number of aromatic nitrogens is 3. The highest BCUT2D eigenvalue weighted by molar-refractivity contribution is 5.94. The van der Waals surface area contributed by atoms with Gasteiger partial charge in [-0.1, -0.05) is 44.2 Å². The van der Waals surface area contributed by atoms with E-state index in [0.29, 0.717) is 40.6 Å². The summed E-state index contributed by atoms with van der Waals surface area (Å²) >= 11 is 0. The number of nitrogens with one attached hydrogen (secondary N) is 1. The lowest BCUT2D eigenvalue weighted by atomic mass is 9.96. The molecule has 0 radical (unpaired) electrons. The molecule has 1 fully saturated rings. The van der Waals surface area contributed by atoms with E-state index in [1.807, 2.05) is 60.8 Å². The van der Waals surface area contributed by atoms with Crippen molar-refractivity contribution in [3.8, 4) is 28.9 Å². The molecule has 0 spiro atoms. The molecule has 210 valence electrons. The number of oxazole rings is 1. The van der Waals surface area contributed by atoms with Gasteiger partial charge in [-0.15, -0.1) is 0 Å². The molecule has 3 heterocycles. The number of carbonyl (C=O) groups excluding carboxylic acids is 1. The summed E-state index contributed by atoms with van der Waals surface area (Å²) in [5.74, 6) is 2.66. The smallest absolute Gasteiger partial charge is 0.251 e. The van der Waals surface area contributed by atoms with Crippen LogP contribution >= 0.6 is 0 Å². The van der Waals surface area contributed by atoms with E-state index in [2.05, 4.69) is 40.1 Å². The summed E-state index contributed by atoms with van der Waals surface area (Å²) in [7, 11) is 0. The predicted molar refractivity (Wildman–Crippen MR) is 163 cm³/mol. The first kappa shape index (κ1) is 27.2. The molecule has 1 N–H and O–H groups in total. The molecule has 1 aliphatic rings. The molecule has 8 heteroatoms. The van der Waals surface area contributed by atoms with Gasteiger partial charge in [0.15, 0.2) is 11.4 Å². The second-order valence-electron chi connectivity index (χ2n) is 11.0. The van der Waals surface area contributed by atoms with Crippen molar-refractivity contribution in [3.63, 3.8) is 0 Å². The van der Waals surface area contributed by atoms with Gasteiger partial charge < -0.3 is 14.6 Å². The van der Waals surface area contributed by atoms with Crippen molar-refractivity contribution < 1.29 is 9.21 Å². The van der Waals surface area contributed by atoms with Crippen LogP contribution in [0, 0.1) is 17.2 Å². The molecule has 1 aliphatic heterocycles. The van der Waals surface area contributed by atoms with Crippen molar-refractivity contribution >= 4 is 22.8 Å². The molecule has 5 aromatic rings. The summed E-state index contributed by atoms with van der Waals surface area (Å²) in [5, 5.41) is 12.5. The maximum absolute atomic E-state index is 12.9. The lowest BCUT2D eigenvalue weighted by Crippen LogP contribution is -2.39. The summed E-state index contributed by atoms with van der Waals surface area (Å²) in [4.78, 5) is 29.1. The lowest BCUT2D eigenvalue weighted by molar-refractivity contribution is 0.0945. The van der Waals surface area contributed by atoms with Gasteiger partial charge in [0.25, 0.3) is 5.91 Å². The second kappa shape index (κ2) is 11.8. The van der Waals surface area contributed by atoms with Gasteiger partial charge in [0, 0.05) is 48.1 Å². The topological polar surface area (TPSA) is 108 Å². The van der Waals surface area contributed by atoms with E-state index < -0.39 is 0 Å². The van der Waals surface area contributed by atoms with Crippen LogP contribution in [0.2, 0.25) is 0 Å². The normalized spacial score (nSPS) is 13.8. The third kappa shape index (κ3) is 5.72. The predicted octanol–water partition coefficient (Wildman–Crippen LogP) is 6.59. The van der Waals surface area contributed by atoms with Gasteiger partial charge in [-0.25, -0.2) is 15.0 Å². The van der Waals surface area contributed by atoms with E-state index in [1.165, 1.54) is 0 Å². The van der Waals surface area contributed by atoms with Crippen molar-refractivity contribution in [2.75, 3.05) is 24.5 Å². The van der Waals surface area contributed by atoms with E-state index in [4.69, 9.17) is 9.40 Å². The van der Waals surface area contributed by atoms with Gasteiger partial charge in [-0.05, 0) is 67.1 Å². The van der Waals surface area contributed by atoms with Crippen LogP contribution < -0.4 is 10.2 Å². The van der Waals surface area contributed by atoms with Crippen LogP contribution in [0.3, 0.4) is 0 Å². The van der Waals surface area contributed by atoms with Crippen LogP contribution in [0.1, 0.15) is 54.1 Å². The van der Waals surface area contributed by atoms with E-state index in [0.717, 1.165) is 54.3 Å². The number of fused-ring (bicyclic) bond motifs is 1. The van der Waals surface area contributed by atoms with Crippen molar-refractivity contribution in [1.82, 2.24) is 20.3 Å². The molecule has 8 nitrogen and oxygen atoms in total. The fourth-order valence-corrected chi connectivity index (χ4v) is 5.40. The third-order valence-corrected chi connectivity index (χ3v) is 7.83. The molecule has 6 rings (SSSR count). The van der Waals surface area contributed by atoms with E-state index in [9.17, 15) is 10.1 Å². The molecule has 1 amide bonds. The van der Waals surface area contributed by atoms with Gasteiger partial charge in [0.1, 0.15) is 11.3 Å². The Balaban J connectivity index is 1.05. The summed E-state index contributed by atoms with van der Waals surface area (Å²) in [6.45, 7) is 6.54. The number of hydrogen-bond acceptors (Lipinski definition) is 7. The van der Waals surface area contributed by atoms with Crippen molar-refractivity contribution in [1.29, 1.82) is 5.26 Å². The monoisotopic (exact) mass is 556 g/mol. The maximum atomic E-state index is 12.9. The molecule has 0 bridgehead atoms. The van der Waals surface area contributed by atoms with Crippen molar-refractivity contribution in [2.45, 2.75) is 32.6 Å². The number of nitrogens with zero attached hydrogens (tertiary/aromatic N) is 5. The number of benzene rings is 3. The Bertz CT molecular complexity index is 1750. The Morgan fingerprint density at radius 3 is 2.50 bits per heavy atom. The minimum atomic E-state index is -0.0920. The van der Waals surface area contributed by atoms with Crippen LogP contribution in [0.5, 0.6) is 0 Å². The average Bonchev–Trinajstić information content (AvgIpc) is 3.48. The molecule has 0 aliphatic carbocycles. The number of anilines is 1. The average molecular weight is 557 g/mol. The van der Waals surface area contributed by atoms with E-state index in [-0.39, 0.29) is 11.8 Å². The van der Waals surface area contributed by atoms with Crippen molar-refractivity contribution in [3.05, 3.63) is 95.7 Å². The highest BCUT2D eigenvalue weighted by atomic mass is 16.3. The van der Waals surface area contributed by atoms with Gasteiger partial charge in [0.2, 0.25) is 5.89 Å². The van der Waals surface area contributed by atoms with E-state index >= 15 is 0 Å². The SMILES string of the molecule is CC(C)c1cc(C#N)cc2nc(-c3ccc(C(=O)NCC4CCN(c5ccnc(-c6ccccc6)n5)CC4)cc3)oc12. The van der Waals surface area contributed by atoms with Crippen LogP contribution in [-0.2, 0) is 0 Å². The first-order valence-electron chi connectivity index (χ1n) is 14.3. The zero-order chi connectivity index (χ0) is 29.1. The third-order valence-electron chi connectivity index (χ3n) is 7.83. The maximum Gasteiger partial charge on any atom is 0.251 e. The molecular formula is C34H32N6O2. The highest BCUT2D eigenvalue weighted by Crippen LogP contribution is 2.31. The Morgan fingerprint density at radius 1 is 1.02 bits per heavy atom. The minimum absolute atomic E-state index is 0.0920. The molecule has 3 aromatic carbocycles.